The van der Waals surface area contributed by atoms with Crippen molar-refractivity contribution in [1.82, 2.24) is 19.9 Å². The summed E-state index contributed by atoms with van der Waals surface area (Å²) in [6, 6.07) is 4.47. The number of methoxy groups -OCH3 is 2. The highest BCUT2D eigenvalue weighted by Crippen LogP contribution is 2.45. The van der Waals surface area contributed by atoms with E-state index in [1.54, 1.807) is 37.8 Å². The molecular weight excluding hydrogens is 584 g/mol. The lowest BCUT2D eigenvalue weighted by Crippen LogP contribution is -2.58. The largest absolute Gasteiger partial charge is 0.497 e. The molecule has 1 aromatic heterocycles. The predicted octanol–water partition coefficient (Wildman–Crippen LogP) is 1.18. The van der Waals surface area contributed by atoms with Crippen molar-refractivity contribution in [3.63, 3.8) is 0 Å². The average Bonchev–Trinajstić information content (AvgIpc) is 3.85. The molecule has 1 aliphatic heterocycles. The first-order valence-corrected chi connectivity index (χ1v) is 16.0. The Morgan fingerprint density at radius 3 is 2.64 bits per heavy atom. The first-order chi connectivity index (χ1) is 20.0. The van der Waals surface area contributed by atoms with E-state index >= 15 is 0 Å². The van der Waals surface area contributed by atoms with Crippen LogP contribution in [0.25, 0.3) is 11.3 Å². The van der Waals surface area contributed by atoms with Crippen molar-refractivity contribution in [2.24, 2.45) is 11.7 Å². The van der Waals surface area contributed by atoms with E-state index in [1.807, 2.05) is 0 Å². The molecule has 1 aromatic carbocycles. The Morgan fingerprint density at radius 2 is 2.00 bits per heavy atom. The lowest BCUT2D eigenvalue weighted by molar-refractivity contribution is -0.140. The summed E-state index contributed by atoms with van der Waals surface area (Å²) in [4.78, 5) is 45.7. The van der Waals surface area contributed by atoms with Gasteiger partial charge in [0.1, 0.15) is 23.1 Å². The minimum atomic E-state index is -3.80. The van der Waals surface area contributed by atoms with Gasteiger partial charge in [-0.1, -0.05) is 6.08 Å². The normalized spacial score (nSPS) is 23.9. The van der Waals surface area contributed by atoms with E-state index in [9.17, 15) is 22.8 Å². The van der Waals surface area contributed by atoms with Crippen molar-refractivity contribution < 1.29 is 32.3 Å². The highest BCUT2D eigenvalue weighted by molar-refractivity contribution is 7.91. The van der Waals surface area contributed by atoms with Gasteiger partial charge in [-0.25, -0.2) is 13.4 Å². The van der Waals surface area contributed by atoms with Gasteiger partial charge in [-0.3, -0.25) is 19.1 Å². The Labute approximate surface area is 247 Å². The molecule has 3 amide bonds. The van der Waals surface area contributed by atoms with Gasteiger partial charge in [0.05, 0.1) is 25.2 Å². The van der Waals surface area contributed by atoms with Gasteiger partial charge in [-0.15, -0.1) is 17.9 Å². The number of carbonyl (C=O) groups excluding carboxylic acids is 3. The summed E-state index contributed by atoms with van der Waals surface area (Å²) in [6.07, 6.45) is 2.49. The lowest BCUT2D eigenvalue weighted by atomic mass is 10.1. The number of benzene rings is 1. The number of anilines is 1. The van der Waals surface area contributed by atoms with Crippen LogP contribution in [0.4, 0.5) is 5.13 Å². The maximum absolute atomic E-state index is 13.4. The smallest absolute Gasteiger partial charge is 0.260 e. The van der Waals surface area contributed by atoms with E-state index in [4.69, 9.17) is 15.2 Å². The summed E-state index contributed by atoms with van der Waals surface area (Å²) in [5, 5.41) is 7.26. The Kier molecular flexibility index (Phi) is 8.18. The lowest BCUT2D eigenvalue weighted by Gasteiger charge is -2.28. The minimum Gasteiger partial charge on any atom is -0.497 e. The fourth-order valence-corrected chi connectivity index (χ4v) is 7.29. The number of thiazole rings is 1. The number of ether oxygens (including phenoxy) is 2. The molecular formula is C27H34N6O7S2. The van der Waals surface area contributed by atoms with Crippen molar-refractivity contribution in [2.75, 3.05) is 26.1 Å². The molecule has 5 rings (SSSR count). The first kappa shape index (κ1) is 29.8. The number of hydrogen-bond donors (Lipinski definition) is 4. The quantitative estimate of drug-likeness (QED) is 0.199. The van der Waals surface area contributed by atoms with E-state index in [-0.39, 0.29) is 6.42 Å². The summed E-state index contributed by atoms with van der Waals surface area (Å²) in [7, 11) is -0.681. The van der Waals surface area contributed by atoms with Crippen LogP contribution in [0.15, 0.2) is 36.2 Å². The number of nitrogens with zero attached hydrogens (tertiary/aromatic N) is 2. The summed E-state index contributed by atoms with van der Waals surface area (Å²) < 4.78 is 37.6. The van der Waals surface area contributed by atoms with E-state index in [1.165, 1.54) is 22.3 Å². The molecule has 226 valence electrons. The third kappa shape index (κ3) is 5.80. The van der Waals surface area contributed by atoms with Gasteiger partial charge in [0.2, 0.25) is 15.9 Å². The SMILES string of the molecule is C=C[C@@H]1C[C@]1(NC(=O)[C@@H]1CCCN1C(=O)[C@H](N)Nc1nc(-c2cc(OC)ccc2OC)cs1)C(=O)NS(=O)(=O)C1CC1. The Bertz CT molecular complexity index is 1510. The van der Waals surface area contributed by atoms with E-state index in [0.29, 0.717) is 60.1 Å². The molecule has 13 nitrogen and oxygen atoms in total. The van der Waals surface area contributed by atoms with Gasteiger partial charge >= 0.3 is 0 Å². The molecule has 2 aromatic rings. The zero-order chi connectivity index (χ0) is 30.2. The van der Waals surface area contributed by atoms with Crippen LogP contribution in [0.1, 0.15) is 32.1 Å². The predicted molar refractivity (Wildman–Crippen MR) is 156 cm³/mol. The molecule has 0 bridgehead atoms. The molecule has 0 radical (unpaired) electrons. The van der Waals surface area contributed by atoms with Crippen molar-refractivity contribution in [3.8, 4) is 22.8 Å². The van der Waals surface area contributed by atoms with Crippen LogP contribution in [0.2, 0.25) is 0 Å². The maximum Gasteiger partial charge on any atom is 0.260 e. The molecule has 5 N–H and O–H groups in total. The van der Waals surface area contributed by atoms with Crippen LogP contribution in [-0.2, 0) is 24.4 Å². The second kappa shape index (κ2) is 11.5. The second-order valence-electron chi connectivity index (χ2n) is 10.6. The Morgan fingerprint density at radius 1 is 1.24 bits per heavy atom. The van der Waals surface area contributed by atoms with E-state index in [0.717, 1.165) is 0 Å². The highest BCUT2D eigenvalue weighted by Gasteiger charge is 2.61. The number of likely N-dealkylation sites (tertiary alicyclic amines) is 1. The summed E-state index contributed by atoms with van der Waals surface area (Å²) in [5.74, 6) is -1.02. The molecule has 2 saturated carbocycles. The van der Waals surface area contributed by atoms with E-state index < -0.39 is 56.7 Å². The number of nitrogens with two attached hydrogens (primary N) is 1. The molecule has 42 heavy (non-hydrogen) atoms. The topological polar surface area (TPSA) is 182 Å². The minimum absolute atomic E-state index is 0.223. The molecule has 1 saturated heterocycles. The molecule has 0 spiro atoms. The summed E-state index contributed by atoms with van der Waals surface area (Å²) in [5.41, 5.74) is 6.11. The van der Waals surface area contributed by atoms with Gasteiger partial charge < -0.3 is 30.7 Å². The zero-order valence-electron chi connectivity index (χ0n) is 23.3. The van der Waals surface area contributed by atoms with Gasteiger partial charge in [0, 0.05) is 23.4 Å². The van der Waals surface area contributed by atoms with Crippen LogP contribution in [0.3, 0.4) is 0 Å². The first-order valence-electron chi connectivity index (χ1n) is 13.5. The van der Waals surface area contributed by atoms with Gasteiger partial charge in [-0.2, -0.15) is 0 Å². The standard InChI is InChI=1S/C27H34N6O7S2/c1-4-15-13-27(15,25(36)32-42(37,38)17-8-9-17)31-23(34)20-6-5-11-33(20)24(35)22(28)30-26-29-19(14-41-26)18-12-16(39-2)7-10-21(18)40-3/h4,7,10,12,14-15,17,20,22H,1,5-6,8-9,11,13,28H2,2-3H3,(H,29,30)(H,31,34)(H,32,36)/t15-,20+,22-,27-/m1/s1. The number of aromatic nitrogens is 1. The molecule has 0 unspecified atom stereocenters. The molecule has 15 heteroatoms. The Balaban J connectivity index is 1.24. The van der Waals surface area contributed by atoms with Gasteiger partial charge in [-0.05, 0) is 50.3 Å². The zero-order valence-corrected chi connectivity index (χ0v) is 24.9. The third-order valence-corrected chi connectivity index (χ3v) is 10.4. The van der Waals surface area contributed by atoms with Crippen LogP contribution in [0.5, 0.6) is 11.5 Å². The summed E-state index contributed by atoms with van der Waals surface area (Å²) >= 11 is 1.25. The van der Waals surface area contributed by atoms with E-state index in [2.05, 4.69) is 26.9 Å². The van der Waals surface area contributed by atoms with Crippen LogP contribution >= 0.6 is 11.3 Å². The van der Waals surface area contributed by atoms with Crippen LogP contribution in [-0.4, -0.2) is 79.8 Å². The number of nitrogens with one attached hydrogen (secondary N) is 3. The number of carbonyl (C=O) groups is 3. The fraction of sp³-hybridized carbons (Fsp3) is 0.481. The van der Waals surface area contributed by atoms with Gasteiger partial charge in [0.25, 0.3) is 11.8 Å². The highest BCUT2D eigenvalue weighted by atomic mass is 32.2. The maximum atomic E-state index is 13.4. The Hall–Kier alpha value is -3.69. The monoisotopic (exact) mass is 618 g/mol. The molecule has 3 fully saturated rings. The fourth-order valence-electron chi connectivity index (χ4n) is 5.17. The number of rotatable bonds is 12. The molecule has 2 heterocycles. The van der Waals surface area contributed by atoms with Crippen LogP contribution < -0.4 is 30.6 Å². The van der Waals surface area contributed by atoms with Crippen LogP contribution in [0, 0.1) is 5.92 Å². The average molecular weight is 619 g/mol. The van der Waals surface area contributed by atoms with Crippen molar-refractivity contribution in [2.45, 2.75) is 55.1 Å². The molecule has 4 atom stereocenters. The molecule has 3 aliphatic rings. The molecule has 2 aliphatic carbocycles. The number of sulfonamides is 1. The van der Waals surface area contributed by atoms with Gasteiger partial charge in [0.15, 0.2) is 11.3 Å². The summed E-state index contributed by atoms with van der Waals surface area (Å²) in [6.45, 7) is 4.01. The number of amides is 3. The second-order valence-corrected chi connectivity index (χ2v) is 13.4. The van der Waals surface area contributed by atoms with Crippen molar-refractivity contribution >= 4 is 44.2 Å². The van der Waals surface area contributed by atoms with Crippen molar-refractivity contribution in [3.05, 3.63) is 36.2 Å². The van der Waals surface area contributed by atoms with Crippen molar-refractivity contribution in [1.29, 1.82) is 0 Å². The third-order valence-electron chi connectivity index (χ3n) is 7.82. The number of hydrogen-bond acceptors (Lipinski definition) is 11.